The van der Waals surface area contributed by atoms with Gasteiger partial charge in [0.1, 0.15) is 0 Å². The van der Waals surface area contributed by atoms with Gasteiger partial charge in [0.2, 0.25) is 0 Å². The number of hydrogen-bond donors (Lipinski definition) is 0. The number of non-ortho nitro benzene ring substituents is 1. The summed E-state index contributed by atoms with van der Waals surface area (Å²) < 4.78 is 130. The summed E-state index contributed by atoms with van der Waals surface area (Å²) in [5.74, 6) is -3.99. The van der Waals surface area contributed by atoms with E-state index in [0.29, 0.717) is 0 Å². The molecule has 0 saturated carbocycles. The van der Waals surface area contributed by atoms with Crippen molar-refractivity contribution >= 4 is 5.69 Å². The molecular weight excluding hydrogens is 388 g/mol. The van der Waals surface area contributed by atoms with Crippen molar-refractivity contribution in [3.8, 4) is 11.5 Å². The fraction of sp³-hybridized carbons (Fsp3) is 0.400. The van der Waals surface area contributed by atoms with Gasteiger partial charge in [0.25, 0.3) is 5.69 Å². The summed E-state index contributed by atoms with van der Waals surface area (Å²) in [6, 6.07) is -0.0681. The number of hydrogen-bond acceptors (Lipinski definition) is 4. The summed E-state index contributed by atoms with van der Waals surface area (Å²) in [5, 5.41) is 10.4. The molecule has 0 aliphatic rings. The van der Waals surface area contributed by atoms with Crippen LogP contribution in [0.4, 0.5) is 49.6 Å². The Balaban J connectivity index is 3.37. The van der Waals surface area contributed by atoms with E-state index in [4.69, 9.17) is 0 Å². The lowest BCUT2D eigenvalue weighted by molar-refractivity contribution is -0.385. The van der Waals surface area contributed by atoms with E-state index >= 15 is 0 Å². The maximum atomic E-state index is 12.8. The molecule has 15 heteroatoms. The van der Waals surface area contributed by atoms with Crippen LogP contribution in [-0.2, 0) is 0 Å². The largest absolute Gasteiger partial charge is 0.499 e. The maximum absolute atomic E-state index is 12.8. The van der Waals surface area contributed by atoms with E-state index < -0.39 is 46.7 Å². The van der Waals surface area contributed by atoms with Crippen LogP contribution in [0.5, 0.6) is 11.5 Å². The first-order valence-corrected chi connectivity index (χ1v) is 5.53. The Morgan fingerprint density at radius 3 is 1.52 bits per heavy atom. The molecule has 1 rings (SSSR count). The molecule has 0 saturated heterocycles. The van der Waals surface area contributed by atoms with E-state index in [9.17, 15) is 54.0 Å². The molecule has 0 bridgehead atoms. The second-order valence-corrected chi connectivity index (χ2v) is 4.12. The van der Waals surface area contributed by atoms with Crippen LogP contribution in [-0.4, -0.2) is 29.5 Å². The predicted molar refractivity (Wildman–Crippen MR) is 56.4 cm³/mol. The van der Waals surface area contributed by atoms with Gasteiger partial charge in [-0.15, -0.1) is 0 Å². The second-order valence-electron chi connectivity index (χ2n) is 4.12. The second kappa shape index (κ2) is 6.11. The Labute approximate surface area is 129 Å². The van der Waals surface area contributed by atoms with Crippen molar-refractivity contribution in [3.63, 3.8) is 0 Å². The van der Waals surface area contributed by atoms with Gasteiger partial charge >= 0.3 is 24.6 Å². The van der Waals surface area contributed by atoms with Gasteiger partial charge in [-0.2, -0.15) is 43.9 Å². The van der Waals surface area contributed by atoms with Crippen LogP contribution < -0.4 is 9.47 Å². The van der Waals surface area contributed by atoms with Gasteiger partial charge in [0.15, 0.2) is 11.5 Å². The van der Waals surface area contributed by atoms with Crippen LogP contribution in [0.2, 0.25) is 0 Å². The standard InChI is InChI=1S/C10H3F10NO4/c11-7(12,13)9(17,18)24-5-2-1-4(21(22)23)3-6(5)25-10(19,20)8(14,15)16/h1-3H. The molecule has 25 heavy (non-hydrogen) atoms. The van der Waals surface area contributed by atoms with Crippen LogP contribution in [0.3, 0.4) is 0 Å². The average molecular weight is 391 g/mol. The average Bonchev–Trinajstić information content (AvgIpc) is 2.37. The summed E-state index contributed by atoms with van der Waals surface area (Å²) >= 11 is 0. The molecule has 1 aromatic rings. The van der Waals surface area contributed by atoms with E-state index in [1.54, 1.807) is 0 Å². The van der Waals surface area contributed by atoms with Crippen molar-refractivity contribution in [3.05, 3.63) is 28.3 Å². The fourth-order valence-electron chi connectivity index (χ4n) is 1.17. The Morgan fingerprint density at radius 1 is 0.760 bits per heavy atom. The van der Waals surface area contributed by atoms with E-state index in [-0.39, 0.29) is 18.2 Å². The van der Waals surface area contributed by atoms with Crippen molar-refractivity contribution in [1.29, 1.82) is 0 Å². The Kier molecular flexibility index (Phi) is 5.02. The molecule has 0 N–H and O–H groups in total. The van der Waals surface area contributed by atoms with Gasteiger partial charge in [0, 0.05) is 6.07 Å². The van der Waals surface area contributed by atoms with Crippen molar-refractivity contribution in [2.75, 3.05) is 0 Å². The highest BCUT2D eigenvalue weighted by molar-refractivity contribution is 5.49. The first kappa shape index (κ1) is 20.6. The zero-order valence-corrected chi connectivity index (χ0v) is 11.1. The van der Waals surface area contributed by atoms with Gasteiger partial charge in [-0.3, -0.25) is 10.1 Å². The fourth-order valence-corrected chi connectivity index (χ4v) is 1.17. The van der Waals surface area contributed by atoms with E-state index in [0.717, 1.165) is 0 Å². The molecule has 0 fully saturated rings. The normalized spacial score (nSPS) is 13.5. The maximum Gasteiger partial charge on any atom is 0.499 e. The summed E-state index contributed by atoms with van der Waals surface area (Å²) in [5.41, 5.74) is -1.24. The lowest BCUT2D eigenvalue weighted by Crippen LogP contribution is -2.43. The Morgan fingerprint density at radius 2 is 1.16 bits per heavy atom. The van der Waals surface area contributed by atoms with Crippen molar-refractivity contribution in [2.45, 2.75) is 24.6 Å². The summed E-state index contributed by atoms with van der Waals surface area (Å²) in [6.07, 6.45) is -24.8. The van der Waals surface area contributed by atoms with Gasteiger partial charge in [-0.25, -0.2) is 0 Å². The number of nitro benzene ring substituents is 1. The summed E-state index contributed by atoms with van der Waals surface area (Å²) in [6.45, 7) is 0. The van der Waals surface area contributed by atoms with Gasteiger partial charge < -0.3 is 9.47 Å². The quantitative estimate of drug-likeness (QED) is 0.416. The molecular formula is C10H3F10NO4. The lowest BCUT2D eigenvalue weighted by atomic mass is 10.3. The SMILES string of the molecule is O=[N+]([O-])c1ccc(OC(F)(F)C(F)(F)F)c(OC(F)(F)C(F)(F)F)c1. The molecule has 0 unspecified atom stereocenters. The number of alkyl halides is 10. The van der Waals surface area contributed by atoms with Crippen LogP contribution in [0.1, 0.15) is 0 Å². The number of benzene rings is 1. The number of nitrogens with zero attached hydrogens (tertiary/aromatic N) is 1. The zero-order valence-electron chi connectivity index (χ0n) is 11.1. The van der Waals surface area contributed by atoms with Crippen LogP contribution in [0.15, 0.2) is 18.2 Å². The molecule has 0 aromatic heterocycles. The molecule has 0 heterocycles. The summed E-state index contributed by atoms with van der Waals surface area (Å²) in [4.78, 5) is 9.09. The third kappa shape index (κ3) is 4.54. The van der Waals surface area contributed by atoms with Gasteiger partial charge in [-0.05, 0) is 6.07 Å². The minimum absolute atomic E-state index is 0.0560. The third-order valence-electron chi connectivity index (χ3n) is 2.27. The minimum atomic E-state index is -6.40. The molecule has 0 atom stereocenters. The van der Waals surface area contributed by atoms with E-state index in [2.05, 4.69) is 9.47 Å². The highest BCUT2D eigenvalue weighted by atomic mass is 19.4. The molecule has 0 radical (unpaired) electrons. The van der Waals surface area contributed by atoms with Crippen molar-refractivity contribution in [2.24, 2.45) is 0 Å². The Bertz CT molecular complexity index is 654. The van der Waals surface area contributed by atoms with Crippen molar-refractivity contribution < 1.29 is 58.3 Å². The molecule has 5 nitrogen and oxygen atoms in total. The number of ether oxygens (including phenoxy) is 2. The lowest BCUT2D eigenvalue weighted by Gasteiger charge is -2.24. The van der Waals surface area contributed by atoms with Crippen molar-refractivity contribution in [1.82, 2.24) is 0 Å². The van der Waals surface area contributed by atoms with E-state index in [1.807, 2.05) is 0 Å². The highest BCUT2D eigenvalue weighted by Gasteiger charge is 2.63. The first-order chi connectivity index (χ1) is 11.0. The first-order valence-electron chi connectivity index (χ1n) is 5.53. The van der Waals surface area contributed by atoms with Crippen LogP contribution in [0, 0.1) is 10.1 Å². The predicted octanol–water partition coefficient (Wildman–Crippen LogP) is 4.66. The molecule has 0 amide bonds. The monoisotopic (exact) mass is 391 g/mol. The molecule has 0 spiro atoms. The zero-order chi connectivity index (χ0) is 19.8. The minimum Gasteiger partial charge on any atom is -0.422 e. The molecule has 1 aromatic carbocycles. The van der Waals surface area contributed by atoms with E-state index in [1.165, 1.54) is 0 Å². The Hall–Kier alpha value is -2.48. The number of nitro groups is 1. The smallest absolute Gasteiger partial charge is 0.422 e. The molecule has 142 valence electrons. The van der Waals surface area contributed by atoms with Crippen LogP contribution in [0.25, 0.3) is 0 Å². The summed E-state index contributed by atoms with van der Waals surface area (Å²) in [7, 11) is 0. The number of rotatable bonds is 5. The topological polar surface area (TPSA) is 61.6 Å². The number of halogens is 10. The van der Waals surface area contributed by atoms with Crippen LogP contribution >= 0.6 is 0 Å². The van der Waals surface area contributed by atoms with Gasteiger partial charge in [0.05, 0.1) is 11.0 Å². The molecule has 0 aliphatic carbocycles. The highest BCUT2D eigenvalue weighted by Crippen LogP contribution is 2.45. The molecule has 0 aliphatic heterocycles. The van der Waals surface area contributed by atoms with Gasteiger partial charge in [-0.1, -0.05) is 0 Å². The third-order valence-corrected chi connectivity index (χ3v) is 2.27.